The highest BCUT2D eigenvalue weighted by molar-refractivity contribution is 4.78. The molecule has 27 heavy (non-hydrogen) atoms. The van der Waals surface area contributed by atoms with Gasteiger partial charge in [0.1, 0.15) is 0 Å². The first-order chi connectivity index (χ1) is 13.3. The molecule has 2 heterocycles. The van der Waals surface area contributed by atoms with Gasteiger partial charge in [0.15, 0.2) is 12.6 Å². The minimum atomic E-state index is -0.141. The van der Waals surface area contributed by atoms with Gasteiger partial charge in [0.2, 0.25) is 0 Å². The molecule has 158 valence electrons. The third kappa shape index (κ3) is 6.69. The van der Waals surface area contributed by atoms with Crippen LogP contribution in [0.1, 0.15) is 84.5 Å². The highest BCUT2D eigenvalue weighted by atomic mass is 16.7. The Bertz CT molecular complexity index is 378. The van der Waals surface area contributed by atoms with Crippen LogP contribution in [0.25, 0.3) is 0 Å². The van der Waals surface area contributed by atoms with Crippen molar-refractivity contribution in [3.8, 4) is 0 Å². The third-order valence-electron chi connectivity index (χ3n) is 6.78. The lowest BCUT2D eigenvalue weighted by atomic mass is 9.79. The van der Waals surface area contributed by atoms with E-state index in [4.69, 9.17) is 18.9 Å². The maximum atomic E-state index is 6.13. The second-order valence-corrected chi connectivity index (χ2v) is 9.12. The van der Waals surface area contributed by atoms with E-state index in [1.54, 1.807) is 0 Å². The van der Waals surface area contributed by atoms with Crippen LogP contribution in [0.4, 0.5) is 0 Å². The Kier molecular flexibility index (Phi) is 9.37. The van der Waals surface area contributed by atoms with Gasteiger partial charge in [-0.15, -0.1) is 0 Å². The molecule has 0 aromatic rings. The van der Waals surface area contributed by atoms with Crippen molar-refractivity contribution in [3.05, 3.63) is 0 Å². The molecule has 0 bridgehead atoms. The molecule has 0 aromatic carbocycles. The molecule has 3 fully saturated rings. The summed E-state index contributed by atoms with van der Waals surface area (Å²) < 4.78 is 24.2. The molecular formula is C23H42O4. The maximum absolute atomic E-state index is 6.13. The van der Waals surface area contributed by atoms with Gasteiger partial charge in [0.25, 0.3) is 0 Å². The van der Waals surface area contributed by atoms with Crippen molar-refractivity contribution in [2.75, 3.05) is 26.4 Å². The van der Waals surface area contributed by atoms with E-state index >= 15 is 0 Å². The van der Waals surface area contributed by atoms with Gasteiger partial charge < -0.3 is 18.9 Å². The number of rotatable bonds is 9. The molecule has 0 spiro atoms. The van der Waals surface area contributed by atoms with Crippen molar-refractivity contribution in [1.82, 2.24) is 0 Å². The van der Waals surface area contributed by atoms with Crippen LogP contribution < -0.4 is 0 Å². The molecule has 0 N–H and O–H groups in total. The minimum Gasteiger partial charge on any atom is -0.352 e. The second kappa shape index (κ2) is 11.7. The van der Waals surface area contributed by atoms with Gasteiger partial charge in [-0.3, -0.25) is 0 Å². The molecule has 2 saturated heterocycles. The molecule has 0 aromatic heterocycles. The quantitative estimate of drug-likeness (QED) is 0.491. The number of ether oxygens (including phenoxy) is 4. The number of hydrogen-bond acceptors (Lipinski definition) is 4. The molecule has 2 aliphatic heterocycles. The molecule has 1 aliphatic carbocycles. The lowest BCUT2D eigenvalue weighted by Crippen LogP contribution is -2.46. The van der Waals surface area contributed by atoms with Crippen LogP contribution in [0.15, 0.2) is 0 Å². The lowest BCUT2D eigenvalue weighted by Gasteiger charge is -2.40. The van der Waals surface area contributed by atoms with Gasteiger partial charge in [-0.2, -0.15) is 0 Å². The van der Waals surface area contributed by atoms with E-state index in [0.29, 0.717) is 25.0 Å². The van der Waals surface area contributed by atoms with Crippen molar-refractivity contribution in [3.63, 3.8) is 0 Å². The van der Waals surface area contributed by atoms with E-state index in [1.165, 1.54) is 70.6 Å². The normalized spacial score (nSPS) is 38.0. The largest absolute Gasteiger partial charge is 0.352 e. The van der Waals surface area contributed by atoms with E-state index in [2.05, 4.69) is 13.8 Å². The summed E-state index contributed by atoms with van der Waals surface area (Å²) >= 11 is 0. The van der Waals surface area contributed by atoms with Crippen LogP contribution in [0.3, 0.4) is 0 Å². The number of unbranched alkanes of at least 4 members (excludes halogenated alkanes) is 3. The van der Waals surface area contributed by atoms with E-state index in [-0.39, 0.29) is 18.5 Å². The molecule has 3 rings (SSSR count). The Morgan fingerprint density at radius 1 is 0.556 bits per heavy atom. The first-order valence-electron chi connectivity index (χ1n) is 11.8. The van der Waals surface area contributed by atoms with Crippen LogP contribution in [-0.4, -0.2) is 39.0 Å². The Hall–Kier alpha value is -0.160. The van der Waals surface area contributed by atoms with Crippen LogP contribution in [0.5, 0.6) is 0 Å². The van der Waals surface area contributed by atoms with E-state index in [0.717, 1.165) is 19.1 Å². The van der Waals surface area contributed by atoms with Gasteiger partial charge in [-0.05, 0) is 38.0 Å². The Balaban J connectivity index is 1.31. The molecule has 0 radical (unpaired) electrons. The molecule has 4 heteroatoms. The first-order valence-corrected chi connectivity index (χ1v) is 11.8. The SMILES string of the molecule is CCCCC[C@H]1CC[C@H]([C@H]2OC[C@H]([C@H]3OC[C@H](CCCC)CO3)CO2)CC1. The van der Waals surface area contributed by atoms with Gasteiger partial charge in [-0.1, -0.05) is 52.4 Å². The lowest BCUT2D eigenvalue weighted by molar-refractivity contribution is -0.291. The van der Waals surface area contributed by atoms with E-state index < -0.39 is 0 Å². The molecule has 0 unspecified atom stereocenters. The Morgan fingerprint density at radius 2 is 1.11 bits per heavy atom. The zero-order valence-electron chi connectivity index (χ0n) is 17.7. The van der Waals surface area contributed by atoms with Crippen LogP contribution in [-0.2, 0) is 18.9 Å². The average Bonchev–Trinajstić information content (AvgIpc) is 2.73. The van der Waals surface area contributed by atoms with Gasteiger partial charge >= 0.3 is 0 Å². The van der Waals surface area contributed by atoms with E-state index in [1.807, 2.05) is 0 Å². The summed E-state index contributed by atoms with van der Waals surface area (Å²) in [5.74, 6) is 2.31. The summed E-state index contributed by atoms with van der Waals surface area (Å²) in [4.78, 5) is 0. The van der Waals surface area contributed by atoms with E-state index in [9.17, 15) is 0 Å². The average molecular weight is 383 g/mol. The molecule has 0 amide bonds. The highest BCUT2D eigenvalue weighted by Crippen LogP contribution is 2.36. The molecule has 0 atom stereocenters. The molecule has 3 aliphatic rings. The predicted octanol–water partition coefficient (Wildman–Crippen LogP) is 5.54. The van der Waals surface area contributed by atoms with Crippen LogP contribution in [0, 0.1) is 23.7 Å². The van der Waals surface area contributed by atoms with Gasteiger partial charge in [-0.25, -0.2) is 0 Å². The van der Waals surface area contributed by atoms with Crippen molar-refractivity contribution in [2.24, 2.45) is 23.7 Å². The molecular weight excluding hydrogens is 340 g/mol. The summed E-state index contributed by atoms with van der Waals surface area (Å²) in [6.45, 7) is 7.60. The number of hydrogen-bond donors (Lipinski definition) is 0. The Labute approximate surface area is 166 Å². The summed E-state index contributed by atoms with van der Waals surface area (Å²) in [5.41, 5.74) is 0. The van der Waals surface area contributed by atoms with Crippen molar-refractivity contribution in [1.29, 1.82) is 0 Å². The standard InChI is InChI=1S/C23H42O4/c1-3-5-7-9-18-10-12-20(13-11-18)22-26-16-21(17-27-22)23-24-14-19(15-25-23)8-6-4-2/h18-23H,3-17H2,1-2H3/t18-,19-,20-,21-,22-,23-. The topological polar surface area (TPSA) is 36.9 Å². The maximum Gasteiger partial charge on any atom is 0.164 e. The van der Waals surface area contributed by atoms with Crippen LogP contribution in [0.2, 0.25) is 0 Å². The van der Waals surface area contributed by atoms with Crippen molar-refractivity contribution in [2.45, 2.75) is 97.1 Å². The van der Waals surface area contributed by atoms with Crippen molar-refractivity contribution >= 4 is 0 Å². The molecule has 1 saturated carbocycles. The summed E-state index contributed by atoms with van der Waals surface area (Å²) in [6.07, 6.45) is 14.4. The van der Waals surface area contributed by atoms with Gasteiger partial charge in [0, 0.05) is 11.8 Å². The van der Waals surface area contributed by atoms with Crippen molar-refractivity contribution < 1.29 is 18.9 Å². The zero-order valence-corrected chi connectivity index (χ0v) is 17.7. The first kappa shape index (κ1) is 21.5. The highest BCUT2D eigenvalue weighted by Gasteiger charge is 2.37. The fourth-order valence-corrected chi connectivity index (χ4v) is 4.88. The minimum absolute atomic E-state index is 0.00117. The second-order valence-electron chi connectivity index (χ2n) is 9.12. The zero-order chi connectivity index (χ0) is 18.9. The summed E-state index contributed by atoms with van der Waals surface area (Å²) in [5, 5.41) is 0. The Morgan fingerprint density at radius 3 is 1.74 bits per heavy atom. The fraction of sp³-hybridized carbons (Fsp3) is 1.00. The predicted molar refractivity (Wildman–Crippen MR) is 107 cm³/mol. The molecule has 4 nitrogen and oxygen atoms in total. The summed E-state index contributed by atoms with van der Waals surface area (Å²) in [6, 6.07) is 0. The summed E-state index contributed by atoms with van der Waals surface area (Å²) in [7, 11) is 0. The van der Waals surface area contributed by atoms with Crippen LogP contribution >= 0.6 is 0 Å². The smallest absolute Gasteiger partial charge is 0.164 e. The third-order valence-corrected chi connectivity index (χ3v) is 6.78. The fourth-order valence-electron chi connectivity index (χ4n) is 4.88. The monoisotopic (exact) mass is 382 g/mol. The van der Waals surface area contributed by atoms with Gasteiger partial charge in [0.05, 0.1) is 32.3 Å².